The van der Waals surface area contributed by atoms with Gasteiger partial charge >= 0.3 is 7.12 Å². The van der Waals surface area contributed by atoms with Crippen molar-refractivity contribution in [3.63, 3.8) is 0 Å². The fourth-order valence-corrected chi connectivity index (χ4v) is 3.11. The highest BCUT2D eigenvalue weighted by molar-refractivity contribution is 9.10. The molecule has 112 valence electrons. The third-order valence-corrected chi connectivity index (χ3v) is 4.44. The molecule has 4 nitrogen and oxygen atoms in total. The van der Waals surface area contributed by atoms with E-state index >= 15 is 0 Å². The second-order valence-electron chi connectivity index (χ2n) is 5.72. The Morgan fingerprint density at radius 1 is 1.27 bits per heavy atom. The van der Waals surface area contributed by atoms with E-state index in [4.69, 9.17) is 4.65 Å². The number of halogens is 1. The normalized spacial score (nSPS) is 15.5. The van der Waals surface area contributed by atoms with Crippen LogP contribution >= 0.6 is 15.9 Å². The lowest BCUT2D eigenvalue weighted by atomic mass is 9.78. The van der Waals surface area contributed by atoms with Crippen LogP contribution in [-0.4, -0.2) is 18.0 Å². The molecule has 2 N–H and O–H groups in total. The Labute approximate surface area is 137 Å². The van der Waals surface area contributed by atoms with Crippen LogP contribution in [0.3, 0.4) is 0 Å². The summed E-state index contributed by atoms with van der Waals surface area (Å²) in [5, 5.41) is 12.8. The molecule has 0 spiro atoms. The summed E-state index contributed by atoms with van der Waals surface area (Å²) in [6, 6.07) is 12.7. The summed E-state index contributed by atoms with van der Waals surface area (Å²) in [5.41, 5.74) is 2.27. The average Bonchev–Trinajstić information content (AvgIpc) is 2.69. The molecule has 0 bridgehead atoms. The number of anilines is 1. The quantitative estimate of drug-likeness (QED) is 0.810. The fraction of sp³-hybridized carbons (Fsp3) is 0.188. The number of amides is 1. The van der Waals surface area contributed by atoms with Gasteiger partial charge in [0.2, 0.25) is 0 Å². The number of benzene rings is 2. The van der Waals surface area contributed by atoms with E-state index in [1.807, 2.05) is 44.2 Å². The number of hydrogen-bond acceptors (Lipinski definition) is 3. The lowest BCUT2D eigenvalue weighted by Crippen LogP contribution is -2.29. The zero-order chi connectivity index (χ0) is 15.9. The van der Waals surface area contributed by atoms with Crippen molar-refractivity contribution < 1.29 is 14.5 Å². The summed E-state index contributed by atoms with van der Waals surface area (Å²) in [4.78, 5) is 12.3. The molecule has 1 aliphatic rings. The van der Waals surface area contributed by atoms with Crippen LogP contribution < -0.4 is 10.8 Å². The van der Waals surface area contributed by atoms with Crippen LogP contribution in [0.2, 0.25) is 0 Å². The monoisotopic (exact) mass is 359 g/mol. The van der Waals surface area contributed by atoms with Crippen molar-refractivity contribution in [2.45, 2.75) is 19.4 Å². The lowest BCUT2D eigenvalue weighted by molar-refractivity contribution is 0.100. The SMILES string of the molecule is CC1(C)OB(O)c2cc(NC(=O)c3ccccc3Br)ccc21. The van der Waals surface area contributed by atoms with Gasteiger partial charge in [-0.25, -0.2) is 0 Å². The molecular formula is C16H15BBrNO3. The van der Waals surface area contributed by atoms with Gasteiger partial charge in [-0.3, -0.25) is 4.79 Å². The molecule has 1 amide bonds. The van der Waals surface area contributed by atoms with Gasteiger partial charge < -0.3 is 15.0 Å². The highest BCUT2D eigenvalue weighted by Gasteiger charge is 2.40. The molecule has 0 fully saturated rings. The summed E-state index contributed by atoms with van der Waals surface area (Å²) < 4.78 is 6.25. The van der Waals surface area contributed by atoms with Gasteiger partial charge in [0.15, 0.2) is 0 Å². The Hall–Kier alpha value is -1.63. The van der Waals surface area contributed by atoms with Gasteiger partial charge in [0.05, 0.1) is 11.2 Å². The van der Waals surface area contributed by atoms with Crippen LogP contribution in [0.4, 0.5) is 5.69 Å². The van der Waals surface area contributed by atoms with Gasteiger partial charge in [-0.15, -0.1) is 0 Å². The molecule has 22 heavy (non-hydrogen) atoms. The predicted octanol–water partition coefficient (Wildman–Crippen LogP) is 2.65. The summed E-state index contributed by atoms with van der Waals surface area (Å²) in [7, 11) is -0.967. The third-order valence-electron chi connectivity index (χ3n) is 3.75. The molecule has 1 aliphatic heterocycles. The van der Waals surface area contributed by atoms with Crippen LogP contribution in [0.5, 0.6) is 0 Å². The van der Waals surface area contributed by atoms with Crippen LogP contribution in [0.25, 0.3) is 0 Å². The number of carbonyl (C=O) groups excluding carboxylic acids is 1. The molecule has 2 aromatic carbocycles. The molecule has 0 aliphatic carbocycles. The molecule has 3 rings (SSSR count). The van der Waals surface area contributed by atoms with E-state index in [9.17, 15) is 9.82 Å². The Morgan fingerprint density at radius 2 is 2.00 bits per heavy atom. The largest absolute Gasteiger partial charge is 0.492 e. The number of hydrogen-bond donors (Lipinski definition) is 2. The first-order valence-electron chi connectivity index (χ1n) is 6.95. The summed E-state index contributed by atoms with van der Waals surface area (Å²) in [6.45, 7) is 3.81. The highest BCUT2D eigenvalue weighted by atomic mass is 79.9. The van der Waals surface area contributed by atoms with E-state index in [0.717, 1.165) is 10.0 Å². The van der Waals surface area contributed by atoms with Gasteiger partial charge in [0.25, 0.3) is 5.91 Å². The zero-order valence-corrected chi connectivity index (χ0v) is 13.8. The Kier molecular flexibility index (Phi) is 3.84. The number of carbonyl (C=O) groups is 1. The van der Waals surface area contributed by atoms with E-state index in [0.29, 0.717) is 16.7 Å². The first kappa shape index (κ1) is 15.3. The lowest BCUT2D eigenvalue weighted by Gasteiger charge is -2.19. The minimum Gasteiger partial charge on any atom is -0.423 e. The van der Waals surface area contributed by atoms with Crippen molar-refractivity contribution in [1.29, 1.82) is 0 Å². The molecule has 0 radical (unpaired) electrons. The standard InChI is InChI=1S/C16H15BBrNO3/c1-16(2)12-8-7-10(9-13(12)17(21)22-16)19-15(20)11-5-3-4-6-14(11)18/h3-9,21H,1-2H3,(H,19,20). The molecule has 6 heteroatoms. The van der Waals surface area contributed by atoms with Gasteiger partial charge in [0.1, 0.15) is 0 Å². The Bertz CT molecular complexity index is 748. The molecule has 0 aromatic heterocycles. The minimum absolute atomic E-state index is 0.208. The van der Waals surface area contributed by atoms with Gasteiger partial charge in [-0.05, 0) is 65.1 Å². The molecule has 1 heterocycles. The summed E-state index contributed by atoms with van der Waals surface area (Å²) in [5.74, 6) is -0.208. The van der Waals surface area contributed by atoms with Crippen molar-refractivity contribution in [2.75, 3.05) is 5.32 Å². The van der Waals surface area contributed by atoms with Crippen molar-refractivity contribution in [2.24, 2.45) is 0 Å². The topological polar surface area (TPSA) is 58.6 Å². The fourth-order valence-electron chi connectivity index (χ4n) is 2.64. The smallest absolute Gasteiger partial charge is 0.423 e. The van der Waals surface area contributed by atoms with Gasteiger partial charge in [0, 0.05) is 10.2 Å². The minimum atomic E-state index is -0.967. The van der Waals surface area contributed by atoms with E-state index in [-0.39, 0.29) is 5.91 Å². The molecule has 2 aromatic rings. The van der Waals surface area contributed by atoms with Crippen LogP contribution in [0.1, 0.15) is 29.8 Å². The maximum absolute atomic E-state index is 12.3. The van der Waals surface area contributed by atoms with Crippen molar-refractivity contribution >= 4 is 40.1 Å². The van der Waals surface area contributed by atoms with Crippen LogP contribution in [-0.2, 0) is 10.3 Å². The summed E-state index contributed by atoms with van der Waals surface area (Å²) >= 11 is 3.36. The molecule has 0 saturated carbocycles. The highest BCUT2D eigenvalue weighted by Crippen LogP contribution is 2.30. The first-order valence-corrected chi connectivity index (χ1v) is 7.74. The van der Waals surface area contributed by atoms with Crippen molar-refractivity contribution in [3.8, 4) is 0 Å². The second kappa shape index (κ2) is 5.54. The van der Waals surface area contributed by atoms with E-state index in [1.54, 1.807) is 12.1 Å². The maximum Gasteiger partial charge on any atom is 0.492 e. The molecule has 0 atom stereocenters. The summed E-state index contributed by atoms with van der Waals surface area (Å²) in [6.07, 6.45) is 0. The maximum atomic E-state index is 12.3. The van der Waals surface area contributed by atoms with Crippen LogP contribution in [0.15, 0.2) is 46.9 Å². The zero-order valence-electron chi connectivity index (χ0n) is 12.3. The molecule has 0 unspecified atom stereocenters. The second-order valence-corrected chi connectivity index (χ2v) is 6.57. The van der Waals surface area contributed by atoms with E-state index in [1.165, 1.54) is 0 Å². The Balaban J connectivity index is 1.88. The van der Waals surface area contributed by atoms with Crippen LogP contribution in [0, 0.1) is 0 Å². The number of fused-ring (bicyclic) bond motifs is 1. The van der Waals surface area contributed by atoms with E-state index < -0.39 is 12.7 Å². The molecule has 0 saturated heterocycles. The first-order chi connectivity index (χ1) is 10.4. The average molecular weight is 360 g/mol. The van der Waals surface area contributed by atoms with Gasteiger partial charge in [-0.2, -0.15) is 0 Å². The van der Waals surface area contributed by atoms with Gasteiger partial charge in [-0.1, -0.05) is 18.2 Å². The Morgan fingerprint density at radius 3 is 2.73 bits per heavy atom. The van der Waals surface area contributed by atoms with Crippen molar-refractivity contribution in [3.05, 3.63) is 58.1 Å². The number of nitrogens with one attached hydrogen (secondary N) is 1. The molecular weight excluding hydrogens is 345 g/mol. The van der Waals surface area contributed by atoms with E-state index in [2.05, 4.69) is 21.2 Å². The van der Waals surface area contributed by atoms with Crippen molar-refractivity contribution in [1.82, 2.24) is 0 Å². The predicted molar refractivity (Wildman–Crippen MR) is 90.3 cm³/mol. The number of rotatable bonds is 2. The third kappa shape index (κ3) is 2.69.